The number of aromatic nitrogens is 1. The van der Waals surface area contributed by atoms with Crippen molar-refractivity contribution in [2.45, 2.75) is 6.61 Å². The van der Waals surface area contributed by atoms with Crippen LogP contribution >= 0.6 is 11.6 Å². The third kappa shape index (κ3) is 3.11. The van der Waals surface area contributed by atoms with Crippen molar-refractivity contribution >= 4 is 17.4 Å². The molecule has 1 aliphatic heterocycles. The number of aliphatic hydroxyl groups excluding tert-OH is 2. The lowest BCUT2D eigenvalue weighted by atomic mass is 10.3. The molecule has 0 atom stereocenters. The first kappa shape index (κ1) is 13.5. The van der Waals surface area contributed by atoms with Gasteiger partial charge in [-0.05, 0) is 12.1 Å². The molecular weight excluding hydrogens is 254 g/mol. The number of aliphatic hydroxyl groups is 2. The maximum Gasteiger partial charge on any atom is 0.129 e. The number of hydrogen-bond acceptors (Lipinski definition) is 5. The Morgan fingerprint density at radius 2 is 1.89 bits per heavy atom. The standard InChI is InChI=1S/C12H18ClN3O2/c13-10-1-2-12(14-11(10)9-18)16-5-3-15(4-6-16)7-8-17/h1-2,17-18H,3-9H2. The second-order valence-electron chi connectivity index (χ2n) is 4.31. The summed E-state index contributed by atoms with van der Waals surface area (Å²) in [4.78, 5) is 8.75. The molecule has 1 saturated heterocycles. The lowest BCUT2D eigenvalue weighted by Gasteiger charge is -2.35. The molecule has 1 aromatic rings. The average molecular weight is 272 g/mol. The van der Waals surface area contributed by atoms with Crippen LogP contribution in [0.15, 0.2) is 12.1 Å². The molecule has 2 N–H and O–H groups in total. The Kier molecular flexibility index (Phi) is 4.77. The summed E-state index contributed by atoms with van der Waals surface area (Å²) in [5, 5.41) is 18.5. The van der Waals surface area contributed by atoms with Gasteiger partial charge in [0.2, 0.25) is 0 Å². The SMILES string of the molecule is OCCN1CCN(c2ccc(Cl)c(CO)n2)CC1. The fourth-order valence-corrected chi connectivity index (χ4v) is 2.27. The minimum atomic E-state index is -0.142. The van der Waals surface area contributed by atoms with Crippen LogP contribution in [0.1, 0.15) is 5.69 Å². The van der Waals surface area contributed by atoms with Crippen LogP contribution in [-0.2, 0) is 6.61 Å². The number of nitrogens with zero attached hydrogens (tertiary/aromatic N) is 3. The van der Waals surface area contributed by atoms with Gasteiger partial charge in [-0.2, -0.15) is 0 Å². The average Bonchev–Trinajstić information content (AvgIpc) is 2.41. The van der Waals surface area contributed by atoms with Crippen molar-refractivity contribution in [3.8, 4) is 0 Å². The second kappa shape index (κ2) is 6.33. The van der Waals surface area contributed by atoms with Crippen LogP contribution in [-0.4, -0.2) is 59.4 Å². The van der Waals surface area contributed by atoms with Crippen LogP contribution in [0.25, 0.3) is 0 Å². The number of hydrogen-bond donors (Lipinski definition) is 2. The van der Waals surface area contributed by atoms with E-state index in [-0.39, 0.29) is 13.2 Å². The number of piperazine rings is 1. The number of β-amino-alcohol motifs (C(OH)–C–C–N with tert-alkyl or cyclic N) is 1. The van der Waals surface area contributed by atoms with Gasteiger partial charge in [0.25, 0.3) is 0 Å². The Labute approximate surface area is 112 Å². The van der Waals surface area contributed by atoms with E-state index in [1.54, 1.807) is 6.07 Å². The van der Waals surface area contributed by atoms with Crippen molar-refractivity contribution in [2.24, 2.45) is 0 Å². The van der Waals surface area contributed by atoms with Gasteiger partial charge in [-0.15, -0.1) is 0 Å². The van der Waals surface area contributed by atoms with Gasteiger partial charge in [-0.25, -0.2) is 4.98 Å². The molecule has 5 nitrogen and oxygen atoms in total. The molecule has 100 valence electrons. The Morgan fingerprint density at radius 1 is 1.17 bits per heavy atom. The van der Waals surface area contributed by atoms with Crippen molar-refractivity contribution in [3.05, 3.63) is 22.8 Å². The summed E-state index contributed by atoms with van der Waals surface area (Å²) in [5.41, 5.74) is 0.520. The molecule has 0 aromatic carbocycles. The third-order valence-electron chi connectivity index (χ3n) is 3.17. The van der Waals surface area contributed by atoms with E-state index in [9.17, 15) is 0 Å². The molecule has 0 saturated carbocycles. The maximum atomic E-state index is 9.15. The Morgan fingerprint density at radius 3 is 2.50 bits per heavy atom. The molecule has 1 aliphatic rings. The Balaban J connectivity index is 2.01. The van der Waals surface area contributed by atoms with Crippen molar-refractivity contribution in [2.75, 3.05) is 44.2 Å². The number of rotatable bonds is 4. The van der Waals surface area contributed by atoms with Crippen molar-refractivity contribution in [1.29, 1.82) is 0 Å². The zero-order valence-electron chi connectivity index (χ0n) is 10.2. The summed E-state index contributed by atoms with van der Waals surface area (Å²) >= 11 is 5.92. The van der Waals surface area contributed by atoms with Crippen LogP contribution in [0, 0.1) is 0 Å². The van der Waals surface area contributed by atoms with Gasteiger partial charge in [-0.3, -0.25) is 4.90 Å². The minimum absolute atomic E-state index is 0.142. The lowest BCUT2D eigenvalue weighted by molar-refractivity contribution is 0.188. The Bertz CT molecular complexity index is 395. The predicted octanol–water partition coefficient (Wildman–Crippen LogP) is 0.342. The highest BCUT2D eigenvalue weighted by Crippen LogP contribution is 2.20. The smallest absolute Gasteiger partial charge is 0.129 e. The molecule has 18 heavy (non-hydrogen) atoms. The second-order valence-corrected chi connectivity index (χ2v) is 4.72. The maximum absolute atomic E-state index is 9.15. The first-order valence-corrected chi connectivity index (χ1v) is 6.47. The van der Waals surface area contributed by atoms with Crippen LogP contribution in [0.5, 0.6) is 0 Å². The van der Waals surface area contributed by atoms with E-state index in [0.717, 1.165) is 38.5 Å². The van der Waals surface area contributed by atoms with E-state index in [1.165, 1.54) is 0 Å². The van der Waals surface area contributed by atoms with Crippen LogP contribution in [0.2, 0.25) is 5.02 Å². The zero-order chi connectivity index (χ0) is 13.0. The molecule has 0 aliphatic carbocycles. The highest BCUT2D eigenvalue weighted by molar-refractivity contribution is 6.31. The molecular formula is C12H18ClN3O2. The fraction of sp³-hybridized carbons (Fsp3) is 0.583. The molecule has 0 amide bonds. The van der Waals surface area contributed by atoms with Gasteiger partial charge in [-0.1, -0.05) is 11.6 Å². The first-order valence-electron chi connectivity index (χ1n) is 6.09. The normalized spacial score (nSPS) is 17.2. The fourth-order valence-electron chi connectivity index (χ4n) is 2.10. The van der Waals surface area contributed by atoms with E-state index in [0.29, 0.717) is 10.7 Å². The van der Waals surface area contributed by atoms with Gasteiger partial charge in [0.05, 0.1) is 23.9 Å². The summed E-state index contributed by atoms with van der Waals surface area (Å²) in [7, 11) is 0. The number of anilines is 1. The minimum Gasteiger partial charge on any atom is -0.395 e. The summed E-state index contributed by atoms with van der Waals surface area (Å²) in [6, 6.07) is 3.65. The van der Waals surface area contributed by atoms with Gasteiger partial charge in [0.1, 0.15) is 5.82 Å². The van der Waals surface area contributed by atoms with Gasteiger partial charge >= 0.3 is 0 Å². The summed E-state index contributed by atoms with van der Waals surface area (Å²) in [6.45, 7) is 4.37. The quantitative estimate of drug-likeness (QED) is 0.827. The molecule has 1 fully saturated rings. The molecule has 2 heterocycles. The third-order valence-corrected chi connectivity index (χ3v) is 3.51. The summed E-state index contributed by atoms with van der Waals surface area (Å²) in [5.74, 6) is 0.854. The molecule has 0 radical (unpaired) electrons. The lowest BCUT2D eigenvalue weighted by Crippen LogP contribution is -2.47. The Hall–Kier alpha value is -0.880. The molecule has 0 spiro atoms. The van der Waals surface area contributed by atoms with Crippen molar-refractivity contribution in [3.63, 3.8) is 0 Å². The molecule has 0 unspecified atom stereocenters. The molecule has 2 rings (SSSR count). The van der Waals surface area contributed by atoms with E-state index in [2.05, 4.69) is 14.8 Å². The summed E-state index contributed by atoms with van der Waals surface area (Å²) in [6.07, 6.45) is 0. The molecule has 6 heteroatoms. The van der Waals surface area contributed by atoms with Gasteiger partial charge in [0.15, 0.2) is 0 Å². The van der Waals surface area contributed by atoms with Gasteiger partial charge < -0.3 is 15.1 Å². The van der Waals surface area contributed by atoms with Crippen LogP contribution < -0.4 is 4.90 Å². The zero-order valence-corrected chi connectivity index (χ0v) is 11.0. The van der Waals surface area contributed by atoms with Crippen molar-refractivity contribution < 1.29 is 10.2 Å². The number of halogens is 1. The highest BCUT2D eigenvalue weighted by atomic mass is 35.5. The summed E-state index contributed by atoms with van der Waals surface area (Å²) < 4.78 is 0. The van der Waals surface area contributed by atoms with E-state index < -0.39 is 0 Å². The van der Waals surface area contributed by atoms with E-state index in [1.807, 2.05) is 6.07 Å². The topological polar surface area (TPSA) is 59.8 Å². The highest BCUT2D eigenvalue weighted by Gasteiger charge is 2.18. The largest absolute Gasteiger partial charge is 0.395 e. The van der Waals surface area contributed by atoms with E-state index >= 15 is 0 Å². The van der Waals surface area contributed by atoms with Crippen LogP contribution in [0.4, 0.5) is 5.82 Å². The molecule has 1 aromatic heterocycles. The molecule has 0 bridgehead atoms. The van der Waals surface area contributed by atoms with Crippen molar-refractivity contribution in [1.82, 2.24) is 9.88 Å². The van der Waals surface area contributed by atoms with Gasteiger partial charge in [0, 0.05) is 32.7 Å². The predicted molar refractivity (Wildman–Crippen MR) is 70.9 cm³/mol. The number of pyridine rings is 1. The van der Waals surface area contributed by atoms with Crippen LogP contribution in [0.3, 0.4) is 0 Å². The first-order chi connectivity index (χ1) is 8.74. The monoisotopic (exact) mass is 271 g/mol. The van der Waals surface area contributed by atoms with E-state index in [4.69, 9.17) is 21.8 Å².